The number of para-hydroxylation sites is 1. The number of rotatable bonds is 4. The van der Waals surface area contributed by atoms with Gasteiger partial charge in [-0.1, -0.05) is 26.8 Å². The first-order chi connectivity index (χ1) is 9.83. The molecule has 0 radical (unpaired) electrons. The normalized spacial score (nSPS) is 11.8. The van der Waals surface area contributed by atoms with Crippen LogP contribution in [0.1, 0.15) is 31.1 Å². The summed E-state index contributed by atoms with van der Waals surface area (Å²) < 4.78 is 1.69. The molecule has 0 fully saturated rings. The zero-order valence-corrected chi connectivity index (χ0v) is 13.5. The average Bonchev–Trinajstić information content (AvgIpc) is 2.71. The number of hydrogen-bond donors (Lipinski definition) is 3. The molecule has 2 N–H and O–H groups in total. The molecular formula is C15H21N3O2S. The number of aromatic amines is 1. The van der Waals surface area contributed by atoms with E-state index in [9.17, 15) is 9.59 Å². The summed E-state index contributed by atoms with van der Waals surface area (Å²) in [4.78, 5) is 27.1. The highest BCUT2D eigenvalue weighted by Crippen LogP contribution is 2.21. The number of amides is 1. The molecule has 0 unspecified atom stereocenters. The summed E-state index contributed by atoms with van der Waals surface area (Å²) in [6.45, 7) is 7.30. The van der Waals surface area contributed by atoms with Gasteiger partial charge in [-0.2, -0.15) is 12.6 Å². The van der Waals surface area contributed by atoms with E-state index in [1.54, 1.807) is 16.7 Å². The van der Waals surface area contributed by atoms with Crippen LogP contribution in [0.3, 0.4) is 0 Å². The van der Waals surface area contributed by atoms with Crippen molar-refractivity contribution >= 4 is 29.6 Å². The summed E-state index contributed by atoms with van der Waals surface area (Å²) >= 11 is 4.07. The number of carbonyl (C=O) groups is 1. The number of fused-ring (bicyclic) bond motifs is 1. The van der Waals surface area contributed by atoms with Gasteiger partial charge >= 0.3 is 5.69 Å². The van der Waals surface area contributed by atoms with Crippen molar-refractivity contribution in [2.45, 2.75) is 27.3 Å². The number of nitrogens with one attached hydrogen (secondary N) is 2. The molecule has 0 aliphatic carbocycles. The van der Waals surface area contributed by atoms with Gasteiger partial charge in [0, 0.05) is 18.8 Å². The minimum atomic E-state index is -0.196. The van der Waals surface area contributed by atoms with Gasteiger partial charge in [0.25, 0.3) is 5.91 Å². The molecule has 2 rings (SSSR count). The summed E-state index contributed by atoms with van der Waals surface area (Å²) in [6, 6.07) is 5.37. The van der Waals surface area contributed by atoms with Gasteiger partial charge in [0.2, 0.25) is 0 Å². The molecule has 0 aliphatic heterocycles. The molecule has 0 atom stereocenters. The molecule has 5 nitrogen and oxygen atoms in total. The molecule has 0 saturated heterocycles. The van der Waals surface area contributed by atoms with Crippen molar-refractivity contribution in [3.05, 3.63) is 34.2 Å². The van der Waals surface area contributed by atoms with Crippen LogP contribution in [0.15, 0.2) is 23.0 Å². The van der Waals surface area contributed by atoms with Gasteiger partial charge in [-0.3, -0.25) is 9.36 Å². The van der Waals surface area contributed by atoms with Gasteiger partial charge < -0.3 is 10.3 Å². The Balaban J connectivity index is 2.50. The Bertz CT molecular complexity index is 710. The number of hydrogen-bond acceptors (Lipinski definition) is 3. The van der Waals surface area contributed by atoms with Gasteiger partial charge in [-0.25, -0.2) is 4.79 Å². The van der Waals surface area contributed by atoms with E-state index in [0.29, 0.717) is 29.9 Å². The lowest BCUT2D eigenvalue weighted by molar-refractivity contribution is 0.0957. The minimum absolute atomic E-state index is 0.0246. The Morgan fingerprint density at radius 3 is 2.71 bits per heavy atom. The molecule has 0 saturated carbocycles. The van der Waals surface area contributed by atoms with Crippen LogP contribution in [0, 0.1) is 5.41 Å². The van der Waals surface area contributed by atoms with E-state index in [4.69, 9.17) is 0 Å². The Kier molecular flexibility index (Phi) is 4.46. The van der Waals surface area contributed by atoms with Crippen LogP contribution in [0.25, 0.3) is 11.0 Å². The number of nitrogens with zero attached hydrogens (tertiary/aromatic N) is 1. The lowest BCUT2D eigenvalue weighted by Crippen LogP contribution is -2.25. The number of benzene rings is 1. The Morgan fingerprint density at radius 1 is 1.38 bits per heavy atom. The number of thiol groups is 1. The zero-order valence-electron chi connectivity index (χ0n) is 12.6. The van der Waals surface area contributed by atoms with Gasteiger partial charge in [0.05, 0.1) is 16.6 Å². The van der Waals surface area contributed by atoms with Crippen LogP contribution >= 0.6 is 12.6 Å². The molecule has 114 valence electrons. The van der Waals surface area contributed by atoms with E-state index in [1.165, 1.54) is 0 Å². The monoisotopic (exact) mass is 307 g/mol. The lowest BCUT2D eigenvalue weighted by Gasteiger charge is -2.18. The molecule has 2 aromatic rings. The highest BCUT2D eigenvalue weighted by atomic mass is 32.1. The first-order valence-electron chi connectivity index (χ1n) is 6.94. The van der Waals surface area contributed by atoms with Crippen molar-refractivity contribution < 1.29 is 4.79 Å². The molecule has 0 bridgehead atoms. The predicted molar refractivity (Wildman–Crippen MR) is 88.2 cm³/mol. The maximum atomic E-state index is 12.2. The molecule has 0 aliphatic rings. The lowest BCUT2D eigenvalue weighted by atomic mass is 9.97. The fourth-order valence-electron chi connectivity index (χ4n) is 2.27. The average molecular weight is 307 g/mol. The first-order valence-corrected chi connectivity index (χ1v) is 7.57. The summed E-state index contributed by atoms with van der Waals surface area (Å²) in [6.07, 6.45) is 0. The minimum Gasteiger partial charge on any atom is -0.351 e. The predicted octanol–water partition coefficient (Wildman–Crippen LogP) is 2.04. The zero-order chi connectivity index (χ0) is 15.6. The second-order valence-corrected chi connectivity index (χ2v) is 6.70. The first kappa shape index (κ1) is 15.7. The van der Waals surface area contributed by atoms with E-state index in [2.05, 4.69) is 43.7 Å². The molecular weight excluding hydrogens is 286 g/mol. The second-order valence-electron chi connectivity index (χ2n) is 6.26. The fraction of sp³-hybridized carbons (Fsp3) is 0.467. The number of carbonyl (C=O) groups excluding carboxylic acids is 1. The highest BCUT2D eigenvalue weighted by molar-refractivity contribution is 7.80. The summed E-state index contributed by atoms with van der Waals surface area (Å²) in [5.74, 6) is 0.377. The van der Waals surface area contributed by atoms with Crippen molar-refractivity contribution in [3.63, 3.8) is 0 Å². The summed E-state index contributed by atoms with van der Waals surface area (Å²) in [5, 5.41) is 2.77. The van der Waals surface area contributed by atoms with Crippen LogP contribution in [0.5, 0.6) is 0 Å². The van der Waals surface area contributed by atoms with Crippen molar-refractivity contribution in [2.75, 3.05) is 12.3 Å². The third-order valence-corrected chi connectivity index (χ3v) is 3.31. The third-order valence-electron chi connectivity index (χ3n) is 3.08. The summed E-state index contributed by atoms with van der Waals surface area (Å²) in [7, 11) is 0. The molecule has 1 heterocycles. The molecule has 1 aromatic heterocycles. The van der Waals surface area contributed by atoms with Crippen LogP contribution in [0.4, 0.5) is 0 Å². The maximum Gasteiger partial charge on any atom is 0.326 e. The van der Waals surface area contributed by atoms with Crippen LogP contribution < -0.4 is 11.0 Å². The van der Waals surface area contributed by atoms with E-state index < -0.39 is 0 Å². The number of imidazole rings is 1. The number of H-pyrrole nitrogens is 1. The molecule has 6 heteroatoms. The van der Waals surface area contributed by atoms with Crippen LogP contribution in [-0.2, 0) is 6.54 Å². The van der Waals surface area contributed by atoms with Crippen LogP contribution in [0.2, 0.25) is 0 Å². The summed E-state index contributed by atoms with van der Waals surface area (Å²) in [5.41, 5.74) is 1.62. The van der Waals surface area contributed by atoms with Crippen molar-refractivity contribution in [2.24, 2.45) is 5.41 Å². The topological polar surface area (TPSA) is 66.9 Å². The van der Waals surface area contributed by atoms with Gasteiger partial charge in [0.1, 0.15) is 0 Å². The Labute approximate surface area is 129 Å². The Morgan fingerprint density at radius 2 is 2.10 bits per heavy atom. The van der Waals surface area contributed by atoms with E-state index in [1.807, 2.05) is 6.07 Å². The van der Waals surface area contributed by atoms with E-state index in [-0.39, 0.29) is 17.0 Å². The fourth-order valence-corrected chi connectivity index (χ4v) is 2.38. The highest BCUT2D eigenvalue weighted by Gasteiger charge is 2.18. The van der Waals surface area contributed by atoms with Crippen molar-refractivity contribution in [3.8, 4) is 0 Å². The maximum absolute atomic E-state index is 12.2. The molecule has 21 heavy (non-hydrogen) atoms. The largest absolute Gasteiger partial charge is 0.351 e. The third kappa shape index (κ3) is 3.50. The number of aromatic nitrogens is 2. The van der Waals surface area contributed by atoms with Crippen molar-refractivity contribution in [1.29, 1.82) is 0 Å². The molecule has 1 amide bonds. The smallest absolute Gasteiger partial charge is 0.326 e. The van der Waals surface area contributed by atoms with Crippen molar-refractivity contribution in [1.82, 2.24) is 14.9 Å². The standard InChI is InChI=1S/C15H21N3O2S/c1-15(2,3)9-18-11-6-4-5-10(12(11)17-14(18)20)13(19)16-7-8-21/h4-6,21H,7-9H2,1-3H3,(H,16,19)(H,17,20). The Hall–Kier alpha value is -1.69. The van der Waals surface area contributed by atoms with E-state index >= 15 is 0 Å². The van der Waals surface area contributed by atoms with Gasteiger partial charge in [0.15, 0.2) is 0 Å². The molecule has 0 spiro atoms. The SMILES string of the molecule is CC(C)(C)Cn1c(=O)[nH]c2c(C(=O)NCCS)cccc21. The van der Waals surface area contributed by atoms with Crippen LogP contribution in [-0.4, -0.2) is 27.8 Å². The quantitative estimate of drug-likeness (QED) is 0.757. The van der Waals surface area contributed by atoms with Gasteiger partial charge in [-0.15, -0.1) is 0 Å². The van der Waals surface area contributed by atoms with Gasteiger partial charge in [-0.05, 0) is 17.5 Å². The second kappa shape index (κ2) is 5.97. The molecule has 1 aromatic carbocycles. The van der Waals surface area contributed by atoms with E-state index in [0.717, 1.165) is 5.52 Å².